The van der Waals surface area contributed by atoms with Gasteiger partial charge in [0.2, 0.25) is 0 Å². The first-order chi connectivity index (χ1) is 10.1. The number of hydrogen-bond donors (Lipinski definition) is 2. The topological polar surface area (TPSA) is 57.6 Å². The summed E-state index contributed by atoms with van der Waals surface area (Å²) < 4.78 is 1.46. The molecule has 2 aliphatic rings. The quantitative estimate of drug-likeness (QED) is 0.839. The molecule has 1 aliphatic carbocycles. The Labute approximate surface area is 129 Å². The molecule has 5 heteroatoms. The Bertz CT molecular complexity index is 613. The van der Waals surface area contributed by atoms with Gasteiger partial charge in [0.05, 0.1) is 0 Å². The van der Waals surface area contributed by atoms with Gasteiger partial charge in [0.25, 0.3) is 0 Å². The van der Waals surface area contributed by atoms with Gasteiger partial charge in [-0.1, -0.05) is 49.2 Å². The summed E-state index contributed by atoms with van der Waals surface area (Å²) in [5.41, 5.74) is 2.30. The molecule has 21 heavy (non-hydrogen) atoms. The maximum atomic E-state index is 12.5. The van der Waals surface area contributed by atoms with E-state index in [1.807, 2.05) is 36.4 Å². The van der Waals surface area contributed by atoms with E-state index in [-0.39, 0.29) is 11.7 Å². The van der Waals surface area contributed by atoms with Gasteiger partial charge in [-0.05, 0) is 17.5 Å². The van der Waals surface area contributed by atoms with E-state index in [9.17, 15) is 14.7 Å². The number of nitrogens with zero attached hydrogens (tertiary/aromatic N) is 1. The lowest BCUT2D eigenvalue weighted by Gasteiger charge is -2.20. The minimum Gasteiger partial charge on any atom is -0.480 e. The molecule has 1 aromatic rings. The summed E-state index contributed by atoms with van der Waals surface area (Å²) in [5, 5.41) is 9.26. The molecule has 0 radical (unpaired) electrons. The van der Waals surface area contributed by atoms with Gasteiger partial charge in [0.1, 0.15) is 11.8 Å². The molecule has 2 unspecified atom stereocenters. The molecule has 0 aromatic heterocycles. The van der Waals surface area contributed by atoms with Crippen LogP contribution in [-0.4, -0.2) is 33.8 Å². The first-order valence-electron chi connectivity index (χ1n) is 7.06. The molecule has 3 atom stereocenters. The van der Waals surface area contributed by atoms with Crippen LogP contribution in [0.2, 0.25) is 0 Å². The van der Waals surface area contributed by atoms with Crippen molar-refractivity contribution in [3.05, 3.63) is 41.5 Å². The molecule has 4 nitrogen and oxygen atoms in total. The lowest BCUT2D eigenvalue weighted by molar-refractivity contribution is -0.144. The number of ketones is 1. The smallest absolute Gasteiger partial charge is 0.322 e. The summed E-state index contributed by atoms with van der Waals surface area (Å²) in [4.78, 5) is 23.8. The summed E-state index contributed by atoms with van der Waals surface area (Å²) >= 11 is 4.16. The number of rotatable bonds is 4. The molecule has 1 heterocycles. The fourth-order valence-corrected chi connectivity index (χ4v) is 3.66. The van der Waals surface area contributed by atoms with E-state index in [1.54, 1.807) is 0 Å². The minimum atomic E-state index is -0.969. The molecule has 3 rings (SSSR count). The van der Waals surface area contributed by atoms with Crippen LogP contribution in [0.1, 0.15) is 29.9 Å². The molecule has 1 aliphatic heterocycles. The molecule has 0 saturated carbocycles. The van der Waals surface area contributed by atoms with Crippen molar-refractivity contribution in [2.24, 2.45) is 5.92 Å². The summed E-state index contributed by atoms with van der Waals surface area (Å²) in [7, 11) is 0. The van der Waals surface area contributed by atoms with Gasteiger partial charge in [-0.3, -0.25) is 9.59 Å². The summed E-state index contributed by atoms with van der Waals surface area (Å²) in [6.07, 6.45) is 4.99. The van der Waals surface area contributed by atoms with Crippen molar-refractivity contribution in [3.8, 4) is 0 Å². The molecule has 1 N–H and O–H groups in total. The number of Topliss-reactive ketones (excluding diaryl/α,β-unsaturated/α-hetero) is 1. The Morgan fingerprint density at radius 1 is 1.33 bits per heavy atom. The van der Waals surface area contributed by atoms with Crippen molar-refractivity contribution in [3.63, 3.8) is 0 Å². The van der Waals surface area contributed by atoms with Crippen LogP contribution in [-0.2, 0) is 9.59 Å². The average molecular weight is 303 g/mol. The third-order valence-corrected chi connectivity index (χ3v) is 4.81. The van der Waals surface area contributed by atoms with Gasteiger partial charge in [0.15, 0.2) is 0 Å². The van der Waals surface area contributed by atoms with Crippen LogP contribution in [0, 0.1) is 5.92 Å². The van der Waals surface area contributed by atoms with Crippen LogP contribution in [0.5, 0.6) is 0 Å². The van der Waals surface area contributed by atoms with E-state index in [2.05, 4.69) is 12.8 Å². The second-order valence-corrected chi connectivity index (χ2v) is 6.12. The Hall–Kier alpha value is -1.59. The summed E-state index contributed by atoms with van der Waals surface area (Å²) in [6.45, 7) is 0.535. The minimum absolute atomic E-state index is 0.0188. The number of carbonyl (C=O) groups excluding carboxylic acids is 1. The SMILES string of the molecule is O=C(CC1C=Cc2ccccc21)C1CCN(S)[C@@H]1C(=O)O. The highest BCUT2D eigenvalue weighted by molar-refractivity contribution is 7.77. The number of aliphatic carboxylic acids is 1. The van der Waals surface area contributed by atoms with Crippen molar-refractivity contribution in [2.45, 2.75) is 24.8 Å². The predicted octanol–water partition coefficient (Wildman–Crippen LogP) is 2.38. The Balaban J connectivity index is 1.73. The maximum Gasteiger partial charge on any atom is 0.322 e. The Kier molecular flexibility index (Phi) is 3.87. The van der Waals surface area contributed by atoms with Crippen LogP contribution in [0.4, 0.5) is 0 Å². The second-order valence-electron chi connectivity index (χ2n) is 5.61. The predicted molar refractivity (Wildman–Crippen MR) is 83.1 cm³/mol. The Morgan fingerprint density at radius 3 is 2.86 bits per heavy atom. The summed E-state index contributed by atoms with van der Waals surface area (Å²) in [5.74, 6) is -1.34. The van der Waals surface area contributed by atoms with Crippen molar-refractivity contribution >= 4 is 30.6 Å². The standard InChI is InChI=1S/C16H17NO3S/c18-14(13-7-8-17(21)15(13)16(19)20)9-11-6-5-10-3-1-2-4-12(10)11/h1-6,11,13,15,21H,7-9H2,(H,19,20)/t11?,13?,15-/m0/s1. The highest BCUT2D eigenvalue weighted by Gasteiger charge is 2.42. The number of thiol groups is 1. The fourth-order valence-electron chi connectivity index (χ4n) is 3.28. The lowest BCUT2D eigenvalue weighted by atomic mass is 9.87. The molecule has 110 valence electrons. The molecule has 1 saturated heterocycles. The molecular formula is C16H17NO3S. The van der Waals surface area contributed by atoms with Crippen molar-refractivity contribution in [2.75, 3.05) is 6.54 Å². The zero-order valence-corrected chi connectivity index (χ0v) is 12.4. The number of carboxylic acid groups (broad SMARTS) is 1. The van der Waals surface area contributed by atoms with Gasteiger partial charge in [-0.15, -0.1) is 0 Å². The monoisotopic (exact) mass is 303 g/mol. The maximum absolute atomic E-state index is 12.5. The highest BCUT2D eigenvalue weighted by Crippen LogP contribution is 2.35. The molecule has 0 bridgehead atoms. The van der Waals surface area contributed by atoms with Crippen LogP contribution >= 0.6 is 12.8 Å². The van der Waals surface area contributed by atoms with Crippen LogP contribution in [0.25, 0.3) is 6.08 Å². The third kappa shape index (κ3) is 2.63. The molecule has 0 amide bonds. The normalized spacial score (nSPS) is 27.8. The van der Waals surface area contributed by atoms with E-state index >= 15 is 0 Å². The molecule has 0 spiro atoms. The number of allylic oxidation sites excluding steroid dienone is 1. The number of hydrogen-bond acceptors (Lipinski definition) is 4. The second kappa shape index (κ2) is 5.66. The average Bonchev–Trinajstić information content (AvgIpc) is 3.03. The molecular weight excluding hydrogens is 286 g/mol. The van der Waals surface area contributed by atoms with E-state index < -0.39 is 17.9 Å². The van der Waals surface area contributed by atoms with Crippen molar-refractivity contribution in [1.82, 2.24) is 4.31 Å². The zero-order valence-electron chi connectivity index (χ0n) is 11.5. The van der Waals surface area contributed by atoms with Gasteiger partial charge in [-0.2, -0.15) is 0 Å². The van der Waals surface area contributed by atoms with Crippen LogP contribution in [0.15, 0.2) is 30.3 Å². The molecule has 1 aromatic carbocycles. The van der Waals surface area contributed by atoms with E-state index in [0.717, 1.165) is 11.1 Å². The number of carbonyl (C=O) groups is 2. The number of fused-ring (bicyclic) bond motifs is 1. The van der Waals surface area contributed by atoms with Gasteiger partial charge in [-0.25, -0.2) is 4.31 Å². The van der Waals surface area contributed by atoms with E-state index in [0.29, 0.717) is 19.4 Å². The fraction of sp³-hybridized carbons (Fsp3) is 0.375. The number of carboxylic acids is 1. The largest absolute Gasteiger partial charge is 0.480 e. The van der Waals surface area contributed by atoms with Gasteiger partial charge in [0, 0.05) is 24.8 Å². The number of benzene rings is 1. The third-order valence-electron chi connectivity index (χ3n) is 4.36. The van der Waals surface area contributed by atoms with Crippen molar-refractivity contribution in [1.29, 1.82) is 0 Å². The Morgan fingerprint density at radius 2 is 2.10 bits per heavy atom. The zero-order chi connectivity index (χ0) is 15.0. The molecule has 1 fully saturated rings. The highest BCUT2D eigenvalue weighted by atomic mass is 32.1. The van der Waals surface area contributed by atoms with E-state index in [1.165, 1.54) is 4.31 Å². The van der Waals surface area contributed by atoms with Crippen molar-refractivity contribution < 1.29 is 14.7 Å². The summed E-state index contributed by atoms with van der Waals surface area (Å²) in [6, 6.07) is 7.20. The first-order valence-corrected chi connectivity index (χ1v) is 7.46. The first kappa shape index (κ1) is 14.4. The van der Waals surface area contributed by atoms with Crippen LogP contribution < -0.4 is 0 Å². The van der Waals surface area contributed by atoms with Gasteiger partial charge < -0.3 is 5.11 Å². The lowest BCUT2D eigenvalue weighted by Crippen LogP contribution is -2.37. The van der Waals surface area contributed by atoms with E-state index in [4.69, 9.17) is 0 Å². The van der Waals surface area contributed by atoms with Crippen LogP contribution in [0.3, 0.4) is 0 Å². The van der Waals surface area contributed by atoms with Gasteiger partial charge >= 0.3 is 5.97 Å².